The second-order valence-electron chi connectivity index (χ2n) is 6.80. The molecule has 0 fully saturated rings. The molecule has 0 radical (unpaired) electrons. The number of dihydropyridines is 1. The molecule has 1 aromatic carbocycles. The normalized spacial score (nSPS) is 22.8. The number of ether oxygens (including phenoxy) is 1. The van der Waals surface area contributed by atoms with Gasteiger partial charge in [0.1, 0.15) is 17.8 Å². The first-order valence-electron chi connectivity index (χ1n) is 9.15. The topological polar surface area (TPSA) is 122 Å². The average Bonchev–Trinajstić information content (AvgIpc) is 2.72. The van der Waals surface area contributed by atoms with Crippen LogP contribution in [-0.2, 0) is 25.9 Å². The van der Waals surface area contributed by atoms with Gasteiger partial charge in [-0.15, -0.1) is 0 Å². The summed E-state index contributed by atoms with van der Waals surface area (Å²) in [5.41, 5.74) is 0.987. The van der Waals surface area contributed by atoms with Gasteiger partial charge in [0.15, 0.2) is 0 Å². The third kappa shape index (κ3) is 5.97. The van der Waals surface area contributed by atoms with E-state index >= 15 is 0 Å². The number of aliphatic imine (C=N–C) groups is 3. The van der Waals surface area contributed by atoms with Crippen LogP contribution in [0.1, 0.15) is 12.0 Å². The van der Waals surface area contributed by atoms with Crippen molar-refractivity contribution < 1.29 is 17.9 Å². The Hall–Kier alpha value is -2.56. The van der Waals surface area contributed by atoms with Crippen molar-refractivity contribution >= 4 is 44.2 Å². The molecule has 2 heterocycles. The molecule has 0 spiro atoms. The quantitative estimate of drug-likeness (QED) is 0.665. The summed E-state index contributed by atoms with van der Waals surface area (Å²) < 4.78 is 28.8. The molecule has 2 unspecified atom stereocenters. The van der Waals surface area contributed by atoms with Gasteiger partial charge in [0, 0.05) is 24.2 Å². The number of carbonyl (C=O) groups excluding carboxylic acids is 1. The predicted molar refractivity (Wildman–Crippen MR) is 116 cm³/mol. The molecule has 160 valence electrons. The summed E-state index contributed by atoms with van der Waals surface area (Å²) in [7, 11) is -2.24. The van der Waals surface area contributed by atoms with Gasteiger partial charge in [-0.25, -0.2) is 18.4 Å². The zero-order valence-electron chi connectivity index (χ0n) is 16.5. The Morgan fingerprint density at radius 3 is 2.70 bits per heavy atom. The van der Waals surface area contributed by atoms with Crippen LogP contribution in [0.3, 0.4) is 0 Å². The average molecular weight is 452 g/mol. The largest absolute Gasteiger partial charge is 0.469 e. The summed E-state index contributed by atoms with van der Waals surface area (Å²) in [6.07, 6.45) is 4.23. The standard InChI is InChI=1S/C19H22ClN5O4S/c1-29-18(26)13-5-8-15(22-11-13)23-17-9-16(24-19(25-17)30(2,27)28)21-10-12-3-6-14(20)7-4-12/h3-8,13,16,21H,9-11H2,1-2H3,(H,22,23,24,25). The number of esters is 1. The van der Waals surface area contributed by atoms with Crippen molar-refractivity contribution in [3.63, 3.8) is 0 Å². The Morgan fingerprint density at radius 2 is 2.10 bits per heavy atom. The van der Waals surface area contributed by atoms with E-state index in [0.29, 0.717) is 29.7 Å². The van der Waals surface area contributed by atoms with Crippen molar-refractivity contribution in [2.24, 2.45) is 20.9 Å². The van der Waals surface area contributed by atoms with Crippen LogP contribution in [0, 0.1) is 5.92 Å². The summed E-state index contributed by atoms with van der Waals surface area (Å²) in [6, 6.07) is 7.33. The minimum absolute atomic E-state index is 0.158. The molecule has 11 heteroatoms. The highest BCUT2D eigenvalue weighted by molar-refractivity contribution is 8.05. The first-order valence-corrected chi connectivity index (χ1v) is 11.4. The monoisotopic (exact) mass is 451 g/mol. The Bertz CT molecular complexity index is 1030. The predicted octanol–water partition coefficient (Wildman–Crippen LogP) is 1.31. The molecule has 2 atom stereocenters. The highest BCUT2D eigenvalue weighted by Gasteiger charge is 2.26. The third-order valence-corrected chi connectivity index (χ3v) is 5.56. The van der Waals surface area contributed by atoms with Gasteiger partial charge in [0.2, 0.25) is 15.0 Å². The van der Waals surface area contributed by atoms with E-state index in [1.165, 1.54) is 7.11 Å². The van der Waals surface area contributed by atoms with Gasteiger partial charge in [-0.2, -0.15) is 0 Å². The number of benzene rings is 1. The van der Waals surface area contributed by atoms with Gasteiger partial charge in [0.05, 0.1) is 19.6 Å². The van der Waals surface area contributed by atoms with E-state index in [1.807, 2.05) is 12.1 Å². The molecule has 0 saturated heterocycles. The molecule has 2 aliphatic heterocycles. The lowest BCUT2D eigenvalue weighted by Crippen LogP contribution is -2.46. The van der Waals surface area contributed by atoms with Crippen molar-refractivity contribution in [3.05, 3.63) is 47.0 Å². The van der Waals surface area contributed by atoms with E-state index in [0.717, 1.165) is 11.8 Å². The van der Waals surface area contributed by atoms with Crippen molar-refractivity contribution in [2.45, 2.75) is 19.1 Å². The Kier molecular flexibility index (Phi) is 7.01. The summed E-state index contributed by atoms with van der Waals surface area (Å²) in [4.78, 5) is 24.5. The lowest BCUT2D eigenvalue weighted by atomic mass is 10.1. The van der Waals surface area contributed by atoms with Crippen LogP contribution in [0.25, 0.3) is 0 Å². The fraction of sp³-hybridized carbons (Fsp3) is 0.368. The van der Waals surface area contributed by atoms with Crippen LogP contribution in [0.15, 0.2) is 51.4 Å². The van der Waals surface area contributed by atoms with Gasteiger partial charge in [0.25, 0.3) is 0 Å². The van der Waals surface area contributed by atoms with E-state index in [1.54, 1.807) is 24.3 Å². The zero-order chi connectivity index (χ0) is 21.7. The van der Waals surface area contributed by atoms with Crippen LogP contribution in [0.4, 0.5) is 0 Å². The second-order valence-corrected chi connectivity index (χ2v) is 9.17. The van der Waals surface area contributed by atoms with Gasteiger partial charge < -0.3 is 10.1 Å². The number of methoxy groups -OCH3 is 1. The Labute approximate surface area is 179 Å². The molecule has 9 nitrogen and oxygen atoms in total. The number of nitrogens with one attached hydrogen (secondary N) is 2. The molecule has 2 aliphatic rings. The minimum atomic E-state index is -3.56. The van der Waals surface area contributed by atoms with Crippen LogP contribution in [-0.4, -0.2) is 57.3 Å². The van der Waals surface area contributed by atoms with Crippen LogP contribution >= 0.6 is 11.6 Å². The van der Waals surface area contributed by atoms with E-state index in [4.69, 9.17) is 16.3 Å². The molecule has 0 bridgehead atoms. The highest BCUT2D eigenvalue weighted by Crippen LogP contribution is 2.13. The van der Waals surface area contributed by atoms with Gasteiger partial charge in [-0.05, 0) is 23.8 Å². The SMILES string of the molecule is COC(=O)C1C=CC(N=C2CC(NCc3ccc(Cl)cc3)N=C(S(C)(=O)=O)N2)=NC1. The molecule has 0 amide bonds. The van der Waals surface area contributed by atoms with Crippen molar-refractivity contribution in [2.75, 3.05) is 19.9 Å². The number of hydrogen-bond acceptors (Lipinski definition) is 8. The molecule has 1 aromatic rings. The summed E-state index contributed by atoms with van der Waals surface area (Å²) >= 11 is 5.90. The number of halogens is 1. The number of rotatable bonds is 4. The number of sulfone groups is 1. The van der Waals surface area contributed by atoms with E-state index in [9.17, 15) is 13.2 Å². The van der Waals surface area contributed by atoms with Gasteiger partial charge in [-0.1, -0.05) is 29.8 Å². The van der Waals surface area contributed by atoms with Crippen LogP contribution in [0.5, 0.6) is 0 Å². The smallest absolute Gasteiger partial charge is 0.314 e. The third-order valence-electron chi connectivity index (χ3n) is 4.40. The first-order chi connectivity index (χ1) is 14.2. The highest BCUT2D eigenvalue weighted by atomic mass is 35.5. The fourth-order valence-corrected chi connectivity index (χ4v) is 3.57. The number of amidine groups is 3. The Balaban J connectivity index is 1.73. The summed E-state index contributed by atoms with van der Waals surface area (Å²) in [5.74, 6) is -0.00143. The molecule has 0 aromatic heterocycles. The summed E-state index contributed by atoms with van der Waals surface area (Å²) in [5, 5.41) is 6.47. The lowest BCUT2D eigenvalue weighted by molar-refractivity contribution is -0.143. The number of hydrogen-bond donors (Lipinski definition) is 2. The lowest BCUT2D eigenvalue weighted by Gasteiger charge is -2.24. The maximum Gasteiger partial charge on any atom is 0.314 e. The number of carbonyl (C=O) groups is 1. The molecular formula is C19H22ClN5O4S. The molecule has 2 N–H and O–H groups in total. The van der Waals surface area contributed by atoms with Gasteiger partial charge in [-0.3, -0.25) is 15.1 Å². The molecule has 0 saturated carbocycles. The van der Waals surface area contributed by atoms with E-state index in [2.05, 4.69) is 25.6 Å². The Morgan fingerprint density at radius 1 is 1.37 bits per heavy atom. The molecular weight excluding hydrogens is 430 g/mol. The number of nitrogens with zero attached hydrogens (tertiary/aromatic N) is 3. The molecule has 3 rings (SSSR count). The van der Waals surface area contributed by atoms with Gasteiger partial charge >= 0.3 is 5.97 Å². The molecule has 0 aliphatic carbocycles. The minimum Gasteiger partial charge on any atom is -0.469 e. The van der Waals surface area contributed by atoms with Crippen LogP contribution < -0.4 is 10.6 Å². The first kappa shape index (κ1) is 22.1. The fourth-order valence-electron chi connectivity index (χ4n) is 2.82. The summed E-state index contributed by atoms with van der Waals surface area (Å²) in [6.45, 7) is 0.706. The maximum atomic E-state index is 12.0. The van der Waals surface area contributed by atoms with Crippen molar-refractivity contribution in [3.8, 4) is 0 Å². The van der Waals surface area contributed by atoms with Crippen molar-refractivity contribution in [1.82, 2.24) is 10.6 Å². The molecule has 30 heavy (non-hydrogen) atoms. The van der Waals surface area contributed by atoms with E-state index < -0.39 is 21.9 Å². The van der Waals surface area contributed by atoms with E-state index in [-0.39, 0.29) is 17.7 Å². The second kappa shape index (κ2) is 9.50. The maximum absolute atomic E-state index is 12.0. The zero-order valence-corrected chi connectivity index (χ0v) is 18.1. The van der Waals surface area contributed by atoms with Crippen molar-refractivity contribution in [1.29, 1.82) is 0 Å². The van der Waals surface area contributed by atoms with Crippen LogP contribution in [0.2, 0.25) is 5.02 Å².